The van der Waals surface area contributed by atoms with Crippen molar-refractivity contribution < 1.29 is 4.74 Å². The van der Waals surface area contributed by atoms with Gasteiger partial charge in [-0.25, -0.2) is 4.98 Å². The van der Waals surface area contributed by atoms with Crippen molar-refractivity contribution in [2.45, 2.75) is 19.9 Å². The zero-order valence-corrected chi connectivity index (χ0v) is 11.6. The fraction of sp³-hybridized carbons (Fsp3) is 0.357. The van der Waals surface area contributed by atoms with Gasteiger partial charge in [-0.05, 0) is 37.7 Å². The molecular weight excluding hydrogens is 244 g/mol. The Balaban J connectivity index is 2.07. The Morgan fingerprint density at radius 3 is 2.72 bits per heavy atom. The molecule has 1 aromatic heterocycles. The molecule has 3 nitrogen and oxygen atoms in total. The van der Waals surface area contributed by atoms with Crippen molar-refractivity contribution in [3.05, 3.63) is 34.7 Å². The summed E-state index contributed by atoms with van der Waals surface area (Å²) >= 11 is 1.68. The molecule has 0 bridgehead atoms. The van der Waals surface area contributed by atoms with Gasteiger partial charge < -0.3 is 10.1 Å². The molecule has 0 spiro atoms. The highest BCUT2D eigenvalue weighted by Crippen LogP contribution is 2.24. The van der Waals surface area contributed by atoms with Gasteiger partial charge in [-0.1, -0.05) is 6.92 Å². The van der Waals surface area contributed by atoms with Crippen LogP contribution in [0.4, 0.5) is 0 Å². The van der Waals surface area contributed by atoms with Crippen molar-refractivity contribution in [2.24, 2.45) is 0 Å². The first-order valence-corrected chi connectivity index (χ1v) is 7.03. The smallest absolute Gasteiger partial charge is 0.119 e. The quantitative estimate of drug-likeness (QED) is 0.867. The molecule has 2 rings (SSSR count). The van der Waals surface area contributed by atoms with E-state index >= 15 is 0 Å². The summed E-state index contributed by atoms with van der Waals surface area (Å²) in [6.45, 7) is 3.69. The van der Waals surface area contributed by atoms with Crippen molar-refractivity contribution in [1.82, 2.24) is 10.3 Å². The van der Waals surface area contributed by atoms with Gasteiger partial charge in [0.05, 0.1) is 12.3 Å². The highest BCUT2D eigenvalue weighted by Gasteiger charge is 2.04. The Hall–Kier alpha value is -1.39. The molecule has 96 valence electrons. The molecule has 1 heterocycles. The third-order valence-corrected chi connectivity index (χ3v) is 3.35. The van der Waals surface area contributed by atoms with Crippen molar-refractivity contribution in [3.8, 4) is 17.0 Å². The Morgan fingerprint density at radius 1 is 1.28 bits per heavy atom. The summed E-state index contributed by atoms with van der Waals surface area (Å²) in [5.41, 5.74) is 2.17. The molecular formula is C14H18N2OS. The van der Waals surface area contributed by atoms with E-state index < -0.39 is 0 Å². The van der Waals surface area contributed by atoms with Crippen LogP contribution >= 0.6 is 11.3 Å². The zero-order valence-electron chi connectivity index (χ0n) is 10.8. The number of rotatable bonds is 6. The summed E-state index contributed by atoms with van der Waals surface area (Å²) in [5.74, 6) is 0.922. The van der Waals surface area contributed by atoms with Crippen LogP contribution in [0, 0.1) is 0 Å². The molecule has 0 saturated carbocycles. The van der Waals surface area contributed by atoms with Crippen molar-refractivity contribution >= 4 is 11.3 Å². The van der Waals surface area contributed by atoms with E-state index in [9.17, 15) is 0 Å². The van der Waals surface area contributed by atoms with Gasteiger partial charge in [-0.3, -0.25) is 0 Å². The molecule has 0 amide bonds. The van der Waals surface area contributed by atoms with Gasteiger partial charge in [0, 0.05) is 17.5 Å². The van der Waals surface area contributed by atoms with E-state index in [0.717, 1.165) is 41.6 Å². The van der Waals surface area contributed by atoms with Gasteiger partial charge in [-0.15, -0.1) is 11.3 Å². The van der Waals surface area contributed by atoms with Crippen molar-refractivity contribution in [1.29, 1.82) is 0 Å². The molecule has 0 aliphatic carbocycles. The molecule has 0 atom stereocenters. The van der Waals surface area contributed by atoms with E-state index in [1.165, 1.54) is 0 Å². The summed E-state index contributed by atoms with van der Waals surface area (Å²) in [4.78, 5) is 4.58. The lowest BCUT2D eigenvalue weighted by molar-refractivity contribution is 0.317. The Bertz CT molecular complexity index is 479. The first-order chi connectivity index (χ1) is 8.83. The lowest BCUT2D eigenvalue weighted by Crippen LogP contribution is -2.04. The van der Waals surface area contributed by atoms with Crippen LogP contribution in [-0.2, 0) is 6.54 Å². The molecule has 4 heteroatoms. The number of aromatic nitrogens is 1. The van der Waals surface area contributed by atoms with Crippen LogP contribution in [0.3, 0.4) is 0 Å². The maximum absolute atomic E-state index is 5.56. The van der Waals surface area contributed by atoms with Crippen LogP contribution in [0.1, 0.15) is 18.4 Å². The van der Waals surface area contributed by atoms with E-state index in [1.54, 1.807) is 11.3 Å². The summed E-state index contributed by atoms with van der Waals surface area (Å²) in [5, 5.41) is 6.31. The first-order valence-electron chi connectivity index (χ1n) is 6.15. The molecule has 0 saturated heterocycles. The van der Waals surface area contributed by atoms with Crippen LogP contribution in [0.5, 0.6) is 5.75 Å². The molecule has 18 heavy (non-hydrogen) atoms. The topological polar surface area (TPSA) is 34.1 Å². The van der Waals surface area contributed by atoms with Gasteiger partial charge in [0.2, 0.25) is 0 Å². The molecule has 2 aromatic rings. The number of ether oxygens (including phenoxy) is 1. The molecule has 0 fully saturated rings. The normalized spacial score (nSPS) is 10.6. The van der Waals surface area contributed by atoms with E-state index in [1.807, 2.05) is 19.2 Å². The average molecular weight is 262 g/mol. The third-order valence-electron chi connectivity index (χ3n) is 2.50. The predicted molar refractivity (Wildman–Crippen MR) is 76.1 cm³/mol. The van der Waals surface area contributed by atoms with Gasteiger partial charge >= 0.3 is 0 Å². The maximum Gasteiger partial charge on any atom is 0.119 e. The Kier molecular flexibility index (Phi) is 4.73. The molecule has 0 unspecified atom stereocenters. The molecule has 0 aliphatic heterocycles. The molecule has 0 radical (unpaired) electrons. The second-order valence-corrected chi connectivity index (χ2v) is 4.97. The standard InChI is InChI=1S/C14H18N2OS/c1-3-8-17-12-6-4-11(5-7-12)13-10-18-14(16-13)9-15-2/h4-7,10,15H,3,8-9H2,1-2H3. The number of hydrogen-bond donors (Lipinski definition) is 1. The number of hydrogen-bond acceptors (Lipinski definition) is 4. The van der Waals surface area contributed by atoms with E-state index in [4.69, 9.17) is 4.74 Å². The van der Waals surface area contributed by atoms with E-state index in [0.29, 0.717) is 0 Å². The molecule has 1 aromatic carbocycles. The summed E-state index contributed by atoms with van der Waals surface area (Å²) in [6, 6.07) is 8.12. The van der Waals surface area contributed by atoms with Crippen LogP contribution in [0.25, 0.3) is 11.3 Å². The van der Waals surface area contributed by atoms with Crippen molar-refractivity contribution in [2.75, 3.05) is 13.7 Å². The van der Waals surface area contributed by atoms with Crippen LogP contribution in [0.2, 0.25) is 0 Å². The minimum atomic E-state index is 0.766. The van der Waals surface area contributed by atoms with Crippen LogP contribution in [0.15, 0.2) is 29.6 Å². The average Bonchev–Trinajstić information content (AvgIpc) is 2.86. The predicted octanol–water partition coefficient (Wildman–Crippen LogP) is 3.32. The Labute approximate surface area is 112 Å². The SMILES string of the molecule is CCCOc1ccc(-c2csc(CNC)n2)cc1. The Morgan fingerprint density at radius 2 is 2.06 bits per heavy atom. The number of thiazole rings is 1. The second-order valence-electron chi connectivity index (χ2n) is 4.03. The maximum atomic E-state index is 5.56. The van der Waals surface area contributed by atoms with Gasteiger partial charge in [0.1, 0.15) is 10.8 Å². The number of nitrogens with one attached hydrogen (secondary N) is 1. The van der Waals surface area contributed by atoms with E-state index in [-0.39, 0.29) is 0 Å². The molecule has 1 N–H and O–H groups in total. The van der Waals surface area contributed by atoms with Crippen molar-refractivity contribution in [3.63, 3.8) is 0 Å². The van der Waals surface area contributed by atoms with Gasteiger partial charge in [-0.2, -0.15) is 0 Å². The lowest BCUT2D eigenvalue weighted by Gasteiger charge is -2.04. The summed E-state index contributed by atoms with van der Waals surface area (Å²) in [6.07, 6.45) is 1.03. The highest BCUT2D eigenvalue weighted by molar-refractivity contribution is 7.09. The molecule has 0 aliphatic rings. The van der Waals surface area contributed by atoms with E-state index in [2.05, 4.69) is 34.7 Å². The first kappa shape index (κ1) is 13.1. The fourth-order valence-corrected chi connectivity index (χ4v) is 2.43. The lowest BCUT2D eigenvalue weighted by atomic mass is 10.2. The summed E-state index contributed by atoms with van der Waals surface area (Å²) in [7, 11) is 1.93. The fourth-order valence-electron chi connectivity index (χ4n) is 1.62. The minimum Gasteiger partial charge on any atom is -0.494 e. The minimum absolute atomic E-state index is 0.766. The third kappa shape index (κ3) is 3.31. The van der Waals surface area contributed by atoms with Crippen LogP contribution in [-0.4, -0.2) is 18.6 Å². The number of benzene rings is 1. The second kappa shape index (κ2) is 6.52. The summed E-state index contributed by atoms with van der Waals surface area (Å²) < 4.78 is 5.56. The highest BCUT2D eigenvalue weighted by atomic mass is 32.1. The monoisotopic (exact) mass is 262 g/mol. The van der Waals surface area contributed by atoms with Gasteiger partial charge in [0.15, 0.2) is 0 Å². The van der Waals surface area contributed by atoms with Crippen LogP contribution < -0.4 is 10.1 Å². The zero-order chi connectivity index (χ0) is 12.8. The largest absolute Gasteiger partial charge is 0.494 e. The number of nitrogens with zero attached hydrogens (tertiary/aromatic N) is 1. The van der Waals surface area contributed by atoms with Gasteiger partial charge in [0.25, 0.3) is 0 Å².